The predicted octanol–water partition coefficient (Wildman–Crippen LogP) is 4.33. The Balaban J connectivity index is 1.63. The first-order chi connectivity index (χ1) is 12.0. The van der Waals surface area contributed by atoms with Crippen LogP contribution in [0.1, 0.15) is 64.6 Å². The Morgan fingerprint density at radius 3 is 2.72 bits per heavy atom. The molecule has 25 heavy (non-hydrogen) atoms. The topological polar surface area (TPSA) is 36.7 Å². The molecule has 1 saturated carbocycles. The molecule has 0 bridgehead atoms. The summed E-state index contributed by atoms with van der Waals surface area (Å²) in [7, 11) is 0. The van der Waals surface area contributed by atoms with E-state index in [1.54, 1.807) is 6.26 Å². The second-order valence-corrected chi connectivity index (χ2v) is 8.84. The van der Waals surface area contributed by atoms with Crippen molar-refractivity contribution in [1.82, 2.24) is 9.80 Å². The van der Waals surface area contributed by atoms with E-state index in [0.29, 0.717) is 18.2 Å². The molecule has 0 spiro atoms. The van der Waals surface area contributed by atoms with E-state index in [1.165, 1.54) is 37.8 Å². The standard InChI is InChI=1S/C21H30N2O2/c1-21(2)11-19-18(20(24)12-21)14-22(13-17-9-6-10-25-17)15-23(19)16-7-4-3-5-8-16/h6,9-10,16H,3-5,7-8,11-15H2,1-2H3. The van der Waals surface area contributed by atoms with E-state index in [-0.39, 0.29) is 5.41 Å². The van der Waals surface area contributed by atoms with E-state index in [4.69, 9.17) is 4.42 Å². The molecule has 1 fully saturated rings. The normalized spacial score (nSPS) is 25.4. The molecule has 0 saturated heterocycles. The van der Waals surface area contributed by atoms with Gasteiger partial charge in [0, 0.05) is 30.3 Å². The third kappa shape index (κ3) is 3.55. The molecule has 0 aromatic carbocycles. The van der Waals surface area contributed by atoms with E-state index in [0.717, 1.165) is 37.5 Å². The van der Waals surface area contributed by atoms with Gasteiger partial charge in [0.15, 0.2) is 5.78 Å². The molecule has 1 aliphatic heterocycles. The van der Waals surface area contributed by atoms with E-state index >= 15 is 0 Å². The molecule has 4 nitrogen and oxygen atoms in total. The fourth-order valence-corrected chi connectivity index (χ4v) is 4.81. The van der Waals surface area contributed by atoms with Crippen molar-refractivity contribution in [1.29, 1.82) is 0 Å². The first-order valence-corrected chi connectivity index (χ1v) is 9.78. The lowest BCUT2D eigenvalue weighted by atomic mass is 9.74. The SMILES string of the molecule is CC1(C)CC(=O)C2=C(C1)N(C1CCCCC1)CN(Cc1ccco1)C2. The third-order valence-electron chi connectivity index (χ3n) is 6.03. The number of nitrogens with zero attached hydrogens (tertiary/aromatic N) is 2. The number of ketones is 1. The van der Waals surface area contributed by atoms with Gasteiger partial charge in [-0.3, -0.25) is 9.69 Å². The molecule has 4 rings (SSSR count). The first kappa shape index (κ1) is 16.9. The number of Topliss-reactive ketones (excluding diaryl/α,β-unsaturated/α-hetero) is 1. The Morgan fingerprint density at radius 1 is 1.20 bits per heavy atom. The minimum Gasteiger partial charge on any atom is -0.468 e. The van der Waals surface area contributed by atoms with E-state index in [9.17, 15) is 4.79 Å². The molecular formula is C21H30N2O2. The van der Waals surface area contributed by atoms with Gasteiger partial charge in [0.2, 0.25) is 0 Å². The Kier molecular flexibility index (Phi) is 4.48. The zero-order chi connectivity index (χ0) is 17.4. The van der Waals surface area contributed by atoms with Crippen LogP contribution in [0, 0.1) is 5.41 Å². The molecule has 136 valence electrons. The van der Waals surface area contributed by atoms with Crippen molar-refractivity contribution >= 4 is 5.78 Å². The second kappa shape index (κ2) is 6.64. The first-order valence-electron chi connectivity index (χ1n) is 9.78. The van der Waals surface area contributed by atoms with Crippen LogP contribution in [0.5, 0.6) is 0 Å². The maximum absolute atomic E-state index is 12.9. The maximum atomic E-state index is 12.9. The summed E-state index contributed by atoms with van der Waals surface area (Å²) in [5, 5.41) is 0. The van der Waals surface area contributed by atoms with Gasteiger partial charge in [-0.1, -0.05) is 33.1 Å². The second-order valence-electron chi connectivity index (χ2n) is 8.84. The number of furan rings is 1. The quantitative estimate of drug-likeness (QED) is 0.819. The van der Waals surface area contributed by atoms with Crippen molar-refractivity contribution in [2.45, 2.75) is 71.4 Å². The number of hydrogen-bond donors (Lipinski definition) is 0. The molecule has 2 heterocycles. The number of allylic oxidation sites excluding steroid dienone is 1. The molecule has 3 aliphatic rings. The van der Waals surface area contributed by atoms with Gasteiger partial charge in [0.1, 0.15) is 5.76 Å². The fourth-order valence-electron chi connectivity index (χ4n) is 4.81. The smallest absolute Gasteiger partial charge is 0.162 e. The Morgan fingerprint density at radius 2 is 2.00 bits per heavy atom. The number of hydrogen-bond acceptors (Lipinski definition) is 4. The lowest BCUT2D eigenvalue weighted by Gasteiger charge is -2.48. The zero-order valence-corrected chi connectivity index (χ0v) is 15.6. The highest BCUT2D eigenvalue weighted by Crippen LogP contribution is 2.42. The maximum Gasteiger partial charge on any atom is 0.162 e. The van der Waals surface area contributed by atoms with Crippen molar-refractivity contribution in [2.24, 2.45) is 5.41 Å². The van der Waals surface area contributed by atoms with Gasteiger partial charge >= 0.3 is 0 Å². The van der Waals surface area contributed by atoms with Crippen LogP contribution >= 0.6 is 0 Å². The Labute approximate surface area is 150 Å². The lowest BCUT2D eigenvalue weighted by molar-refractivity contribution is -0.119. The van der Waals surface area contributed by atoms with Crippen molar-refractivity contribution in [3.8, 4) is 0 Å². The van der Waals surface area contributed by atoms with Crippen LogP contribution in [-0.4, -0.2) is 34.8 Å². The summed E-state index contributed by atoms with van der Waals surface area (Å²) in [6.45, 7) is 6.96. The minimum absolute atomic E-state index is 0.0893. The molecule has 0 radical (unpaired) electrons. The largest absolute Gasteiger partial charge is 0.468 e. The van der Waals surface area contributed by atoms with Gasteiger partial charge in [0.05, 0.1) is 19.5 Å². The zero-order valence-electron chi connectivity index (χ0n) is 15.6. The summed E-state index contributed by atoms with van der Waals surface area (Å²) < 4.78 is 5.55. The van der Waals surface area contributed by atoms with Crippen molar-refractivity contribution in [2.75, 3.05) is 13.2 Å². The molecule has 0 atom stereocenters. The molecular weight excluding hydrogens is 312 g/mol. The van der Waals surface area contributed by atoms with Gasteiger partial charge in [0.25, 0.3) is 0 Å². The predicted molar refractivity (Wildman–Crippen MR) is 97.7 cm³/mol. The van der Waals surface area contributed by atoms with Crippen molar-refractivity contribution in [3.63, 3.8) is 0 Å². The van der Waals surface area contributed by atoms with Crippen LogP contribution in [0.15, 0.2) is 34.1 Å². The van der Waals surface area contributed by atoms with Crippen LogP contribution < -0.4 is 0 Å². The van der Waals surface area contributed by atoms with Crippen LogP contribution in [0.2, 0.25) is 0 Å². The van der Waals surface area contributed by atoms with Gasteiger partial charge in [-0.25, -0.2) is 0 Å². The van der Waals surface area contributed by atoms with Gasteiger partial charge in [-0.2, -0.15) is 0 Å². The van der Waals surface area contributed by atoms with Crippen LogP contribution in [0.4, 0.5) is 0 Å². The average molecular weight is 342 g/mol. The minimum atomic E-state index is 0.0893. The third-order valence-corrected chi connectivity index (χ3v) is 6.03. The Hall–Kier alpha value is -1.55. The molecule has 0 N–H and O–H groups in total. The van der Waals surface area contributed by atoms with Crippen LogP contribution in [0.3, 0.4) is 0 Å². The van der Waals surface area contributed by atoms with E-state index in [2.05, 4.69) is 23.6 Å². The fraction of sp³-hybridized carbons (Fsp3) is 0.667. The molecule has 0 amide bonds. The lowest BCUT2D eigenvalue weighted by Crippen LogP contribution is -2.51. The highest BCUT2D eigenvalue weighted by atomic mass is 16.3. The van der Waals surface area contributed by atoms with Crippen molar-refractivity contribution < 1.29 is 9.21 Å². The van der Waals surface area contributed by atoms with Gasteiger partial charge in [-0.15, -0.1) is 0 Å². The molecule has 4 heteroatoms. The van der Waals surface area contributed by atoms with Gasteiger partial charge in [-0.05, 0) is 36.8 Å². The summed E-state index contributed by atoms with van der Waals surface area (Å²) in [6, 6.07) is 4.57. The highest BCUT2D eigenvalue weighted by molar-refractivity contribution is 5.98. The average Bonchev–Trinajstić information content (AvgIpc) is 3.08. The van der Waals surface area contributed by atoms with E-state index in [1.807, 2.05) is 12.1 Å². The summed E-state index contributed by atoms with van der Waals surface area (Å²) in [5.74, 6) is 1.34. The van der Waals surface area contributed by atoms with Crippen molar-refractivity contribution in [3.05, 3.63) is 35.4 Å². The monoisotopic (exact) mass is 342 g/mol. The van der Waals surface area contributed by atoms with Gasteiger partial charge < -0.3 is 9.32 Å². The van der Waals surface area contributed by atoms with E-state index < -0.39 is 0 Å². The molecule has 1 aromatic rings. The summed E-state index contributed by atoms with van der Waals surface area (Å²) in [4.78, 5) is 17.8. The van der Waals surface area contributed by atoms with Crippen LogP contribution in [-0.2, 0) is 11.3 Å². The number of rotatable bonds is 3. The summed E-state index contributed by atoms with van der Waals surface area (Å²) in [6.07, 6.45) is 9.98. The summed E-state index contributed by atoms with van der Waals surface area (Å²) in [5.41, 5.74) is 2.51. The Bertz CT molecular complexity index is 653. The highest BCUT2D eigenvalue weighted by Gasteiger charge is 2.40. The number of carbonyl (C=O) groups excluding carboxylic acids is 1. The summed E-state index contributed by atoms with van der Waals surface area (Å²) >= 11 is 0. The van der Waals surface area contributed by atoms with Crippen LogP contribution in [0.25, 0.3) is 0 Å². The molecule has 2 aliphatic carbocycles. The molecule has 1 aromatic heterocycles. The number of carbonyl (C=O) groups is 1. The molecule has 0 unspecified atom stereocenters.